The van der Waals surface area contributed by atoms with E-state index < -0.39 is 23.2 Å². The zero-order chi connectivity index (χ0) is 15.5. The van der Waals surface area contributed by atoms with E-state index in [4.69, 9.17) is 15.3 Å². The van der Waals surface area contributed by atoms with Crippen molar-refractivity contribution in [1.82, 2.24) is 0 Å². The van der Waals surface area contributed by atoms with Gasteiger partial charge >= 0.3 is 5.97 Å². The SMILES string of the molecule is CCOC(=O)C1(Cc2cccc(F)c2F)CC(CN)=NO1. The van der Waals surface area contributed by atoms with E-state index in [0.717, 1.165) is 6.07 Å². The number of rotatable bonds is 5. The lowest BCUT2D eigenvalue weighted by molar-refractivity contribution is -0.169. The fourth-order valence-corrected chi connectivity index (χ4v) is 2.19. The molecule has 114 valence electrons. The van der Waals surface area contributed by atoms with Crippen molar-refractivity contribution < 1.29 is 23.1 Å². The lowest BCUT2D eigenvalue weighted by Crippen LogP contribution is -2.43. The van der Waals surface area contributed by atoms with Gasteiger partial charge in [0.05, 0.1) is 12.3 Å². The molecule has 0 aromatic heterocycles. The van der Waals surface area contributed by atoms with Crippen LogP contribution in [0.3, 0.4) is 0 Å². The van der Waals surface area contributed by atoms with E-state index in [1.807, 2.05) is 0 Å². The number of hydrogen-bond acceptors (Lipinski definition) is 5. The summed E-state index contributed by atoms with van der Waals surface area (Å²) in [5.74, 6) is -2.66. The Morgan fingerprint density at radius 2 is 2.29 bits per heavy atom. The number of carbonyl (C=O) groups is 1. The third-order valence-electron chi connectivity index (χ3n) is 3.23. The van der Waals surface area contributed by atoms with Gasteiger partial charge in [-0.15, -0.1) is 0 Å². The van der Waals surface area contributed by atoms with Crippen molar-refractivity contribution >= 4 is 11.7 Å². The largest absolute Gasteiger partial charge is 0.463 e. The first-order valence-electron chi connectivity index (χ1n) is 6.56. The lowest BCUT2D eigenvalue weighted by atomic mass is 9.89. The van der Waals surface area contributed by atoms with Crippen molar-refractivity contribution in [3.63, 3.8) is 0 Å². The predicted molar refractivity (Wildman–Crippen MR) is 71.6 cm³/mol. The van der Waals surface area contributed by atoms with Gasteiger partial charge in [0.1, 0.15) is 0 Å². The smallest absolute Gasteiger partial charge is 0.354 e. The Hall–Kier alpha value is -2.02. The lowest BCUT2D eigenvalue weighted by Gasteiger charge is -2.24. The first-order chi connectivity index (χ1) is 10.0. The summed E-state index contributed by atoms with van der Waals surface area (Å²) in [5.41, 5.74) is 4.49. The Morgan fingerprint density at radius 3 is 2.90 bits per heavy atom. The number of halogens is 2. The van der Waals surface area contributed by atoms with E-state index in [9.17, 15) is 13.6 Å². The molecule has 1 atom stereocenters. The van der Waals surface area contributed by atoms with Crippen LogP contribution in [0.1, 0.15) is 18.9 Å². The maximum absolute atomic E-state index is 13.8. The molecule has 0 amide bonds. The minimum absolute atomic E-state index is 0.0246. The molecule has 5 nitrogen and oxygen atoms in total. The van der Waals surface area contributed by atoms with E-state index in [1.54, 1.807) is 6.92 Å². The van der Waals surface area contributed by atoms with Crippen LogP contribution >= 0.6 is 0 Å². The van der Waals surface area contributed by atoms with Crippen LogP contribution in [0, 0.1) is 11.6 Å². The molecule has 0 radical (unpaired) electrons. The van der Waals surface area contributed by atoms with Crippen LogP contribution < -0.4 is 5.73 Å². The predicted octanol–water partition coefficient (Wildman–Crippen LogP) is 1.54. The summed E-state index contributed by atoms with van der Waals surface area (Å²) in [6.07, 6.45) is -0.0826. The van der Waals surface area contributed by atoms with Crippen LogP contribution in [0.15, 0.2) is 23.4 Å². The van der Waals surface area contributed by atoms with Gasteiger partial charge in [-0.3, -0.25) is 0 Å². The van der Waals surface area contributed by atoms with Gasteiger partial charge in [-0.25, -0.2) is 13.6 Å². The molecule has 0 fully saturated rings. The number of ether oxygens (including phenoxy) is 1. The average molecular weight is 298 g/mol. The minimum Gasteiger partial charge on any atom is -0.463 e. The number of esters is 1. The molecular formula is C14H16F2N2O3. The van der Waals surface area contributed by atoms with Gasteiger partial charge in [0, 0.05) is 19.4 Å². The standard InChI is InChI=1S/C14H16F2N2O3/c1-2-20-13(19)14(7-10(8-17)18-21-14)6-9-4-3-5-11(15)12(9)16/h3-5H,2,6-8,17H2,1H3. The highest BCUT2D eigenvalue weighted by molar-refractivity contribution is 5.94. The molecule has 1 heterocycles. The van der Waals surface area contributed by atoms with Crippen LogP contribution in [0.5, 0.6) is 0 Å². The van der Waals surface area contributed by atoms with E-state index in [-0.39, 0.29) is 31.6 Å². The minimum atomic E-state index is -1.49. The highest BCUT2D eigenvalue weighted by Crippen LogP contribution is 2.31. The summed E-state index contributed by atoms with van der Waals surface area (Å²) >= 11 is 0. The normalized spacial score (nSPS) is 20.9. The van der Waals surface area contributed by atoms with Gasteiger partial charge in [-0.05, 0) is 18.6 Å². The second-order valence-corrected chi connectivity index (χ2v) is 4.73. The van der Waals surface area contributed by atoms with Crippen LogP contribution in [-0.2, 0) is 20.8 Å². The number of carbonyl (C=O) groups excluding carboxylic acids is 1. The molecule has 0 saturated carbocycles. The molecule has 2 rings (SSSR count). The molecule has 1 aromatic rings. The molecule has 1 aliphatic rings. The Balaban J connectivity index is 2.29. The van der Waals surface area contributed by atoms with Crippen molar-refractivity contribution in [2.45, 2.75) is 25.4 Å². The molecular weight excluding hydrogens is 282 g/mol. The summed E-state index contributed by atoms with van der Waals surface area (Å²) in [6.45, 7) is 1.91. The molecule has 7 heteroatoms. The third kappa shape index (κ3) is 3.02. The van der Waals surface area contributed by atoms with Gasteiger partial charge in [-0.1, -0.05) is 17.3 Å². The molecule has 0 spiro atoms. The zero-order valence-electron chi connectivity index (χ0n) is 11.6. The zero-order valence-corrected chi connectivity index (χ0v) is 11.6. The molecule has 1 unspecified atom stereocenters. The molecule has 1 aromatic carbocycles. The number of oxime groups is 1. The molecule has 2 N–H and O–H groups in total. The Labute approximate surface area is 120 Å². The first-order valence-corrected chi connectivity index (χ1v) is 6.56. The molecule has 0 saturated heterocycles. The number of nitrogens with two attached hydrogens (primary N) is 1. The quantitative estimate of drug-likeness (QED) is 0.837. The fourth-order valence-electron chi connectivity index (χ4n) is 2.19. The van der Waals surface area contributed by atoms with Crippen LogP contribution in [0.4, 0.5) is 8.78 Å². The topological polar surface area (TPSA) is 73.9 Å². The Kier molecular flexibility index (Phi) is 4.52. The second-order valence-electron chi connectivity index (χ2n) is 4.73. The summed E-state index contributed by atoms with van der Waals surface area (Å²) in [5, 5.41) is 3.73. The van der Waals surface area contributed by atoms with Gasteiger partial charge in [-0.2, -0.15) is 0 Å². The number of hydrogen-bond donors (Lipinski definition) is 1. The molecule has 0 aliphatic carbocycles. The molecule has 0 bridgehead atoms. The van der Waals surface area contributed by atoms with Gasteiger partial charge in [0.2, 0.25) is 5.60 Å². The van der Waals surface area contributed by atoms with Crippen molar-refractivity contribution in [3.8, 4) is 0 Å². The first kappa shape index (κ1) is 15.4. The maximum Gasteiger partial charge on any atom is 0.354 e. The summed E-state index contributed by atoms with van der Waals surface area (Å²) in [4.78, 5) is 17.4. The van der Waals surface area contributed by atoms with Crippen LogP contribution in [0.25, 0.3) is 0 Å². The van der Waals surface area contributed by atoms with Gasteiger partial charge in [0.25, 0.3) is 0 Å². The second kappa shape index (κ2) is 6.17. The van der Waals surface area contributed by atoms with Crippen molar-refractivity contribution in [2.75, 3.05) is 13.2 Å². The Bertz CT molecular complexity index is 577. The molecule has 21 heavy (non-hydrogen) atoms. The average Bonchev–Trinajstić information content (AvgIpc) is 2.89. The van der Waals surface area contributed by atoms with Crippen molar-refractivity contribution in [2.24, 2.45) is 10.9 Å². The highest BCUT2D eigenvalue weighted by Gasteiger charge is 2.48. The number of nitrogens with zero attached hydrogens (tertiary/aromatic N) is 1. The monoisotopic (exact) mass is 298 g/mol. The van der Waals surface area contributed by atoms with Crippen molar-refractivity contribution in [3.05, 3.63) is 35.4 Å². The van der Waals surface area contributed by atoms with E-state index in [1.165, 1.54) is 12.1 Å². The van der Waals surface area contributed by atoms with E-state index in [2.05, 4.69) is 5.16 Å². The Morgan fingerprint density at radius 1 is 1.52 bits per heavy atom. The van der Waals surface area contributed by atoms with Gasteiger partial charge in [0.15, 0.2) is 11.6 Å². The highest BCUT2D eigenvalue weighted by atomic mass is 19.2. The summed E-state index contributed by atoms with van der Waals surface area (Å²) in [6, 6.07) is 3.77. The summed E-state index contributed by atoms with van der Waals surface area (Å²) < 4.78 is 32.1. The van der Waals surface area contributed by atoms with E-state index in [0.29, 0.717) is 5.71 Å². The van der Waals surface area contributed by atoms with E-state index >= 15 is 0 Å². The van der Waals surface area contributed by atoms with Gasteiger partial charge < -0.3 is 15.3 Å². The van der Waals surface area contributed by atoms with Crippen LogP contribution in [0.2, 0.25) is 0 Å². The fraction of sp³-hybridized carbons (Fsp3) is 0.429. The van der Waals surface area contributed by atoms with Crippen molar-refractivity contribution in [1.29, 1.82) is 0 Å². The maximum atomic E-state index is 13.8. The van der Waals surface area contributed by atoms with Crippen LogP contribution in [-0.4, -0.2) is 30.4 Å². The third-order valence-corrected chi connectivity index (χ3v) is 3.23. The molecule has 1 aliphatic heterocycles. The number of benzene rings is 1. The summed E-state index contributed by atoms with van der Waals surface area (Å²) in [7, 11) is 0.